The highest BCUT2D eigenvalue weighted by Crippen LogP contribution is 2.46. The molecular weight excluding hydrogens is 463 g/mol. The molecule has 35 heavy (non-hydrogen) atoms. The molecule has 1 aromatic carbocycles. The Labute approximate surface area is 202 Å². The molecule has 0 bridgehead atoms. The van der Waals surface area contributed by atoms with Gasteiger partial charge in [0.25, 0.3) is 5.91 Å². The highest BCUT2D eigenvalue weighted by Gasteiger charge is 2.59. The first-order chi connectivity index (χ1) is 16.5. The van der Waals surface area contributed by atoms with E-state index in [0.29, 0.717) is 17.2 Å². The van der Waals surface area contributed by atoms with E-state index < -0.39 is 35.8 Å². The van der Waals surface area contributed by atoms with Crippen LogP contribution in [0.3, 0.4) is 0 Å². The maximum Gasteiger partial charge on any atom is 0.406 e. The standard InChI is InChI=1S/C25H32F3N3O4/c26-25(27,28)15-31-22(34)29-21(33)23(31)7-9-24(35,10-8-23)20-13-18-5-6-19(32)12-17(18)2-1-11-30(20)14-16-3-4-16/h5-6,12,16,20,32,35H,1-4,7-11,13-15H2,(H,29,33,34). The summed E-state index contributed by atoms with van der Waals surface area (Å²) in [5, 5.41) is 24.0. The van der Waals surface area contributed by atoms with E-state index in [1.807, 2.05) is 6.07 Å². The van der Waals surface area contributed by atoms with Gasteiger partial charge in [-0.15, -0.1) is 0 Å². The number of phenolic OH excluding ortho intramolecular Hbond substituents is 1. The van der Waals surface area contributed by atoms with Gasteiger partial charge in [-0.3, -0.25) is 15.0 Å². The molecule has 0 radical (unpaired) electrons. The van der Waals surface area contributed by atoms with Gasteiger partial charge in [-0.2, -0.15) is 13.2 Å². The fourth-order valence-electron chi connectivity index (χ4n) is 6.32. The number of nitrogens with one attached hydrogen (secondary N) is 1. The van der Waals surface area contributed by atoms with E-state index in [0.717, 1.165) is 49.9 Å². The van der Waals surface area contributed by atoms with Crippen molar-refractivity contribution < 1.29 is 33.0 Å². The lowest BCUT2D eigenvalue weighted by molar-refractivity contribution is -0.161. The number of aryl methyl sites for hydroxylation is 1. The van der Waals surface area contributed by atoms with Crippen molar-refractivity contribution >= 4 is 11.9 Å². The van der Waals surface area contributed by atoms with Crippen molar-refractivity contribution in [3.05, 3.63) is 29.3 Å². The van der Waals surface area contributed by atoms with Crippen LogP contribution in [0.25, 0.3) is 0 Å². The number of hydrogen-bond donors (Lipinski definition) is 3. The van der Waals surface area contributed by atoms with Gasteiger partial charge in [0.1, 0.15) is 17.8 Å². The Morgan fingerprint density at radius 2 is 1.80 bits per heavy atom. The number of urea groups is 1. The Morgan fingerprint density at radius 3 is 2.46 bits per heavy atom. The average molecular weight is 496 g/mol. The number of fused-ring (bicyclic) bond motifs is 1. The number of alkyl halides is 3. The summed E-state index contributed by atoms with van der Waals surface area (Å²) < 4.78 is 39.6. The van der Waals surface area contributed by atoms with E-state index in [1.165, 1.54) is 0 Å². The highest BCUT2D eigenvalue weighted by atomic mass is 19.4. The molecule has 1 aromatic rings. The summed E-state index contributed by atoms with van der Waals surface area (Å²) in [7, 11) is 0. The third kappa shape index (κ3) is 4.74. The molecule has 1 saturated heterocycles. The number of halogens is 3. The van der Waals surface area contributed by atoms with E-state index in [1.54, 1.807) is 12.1 Å². The van der Waals surface area contributed by atoms with Gasteiger partial charge in [0, 0.05) is 12.6 Å². The molecule has 4 aliphatic rings. The number of rotatable bonds is 4. The second-order valence-corrected chi connectivity index (χ2v) is 10.8. The summed E-state index contributed by atoms with van der Waals surface area (Å²) in [4.78, 5) is 27.9. The molecule has 0 aromatic heterocycles. The van der Waals surface area contributed by atoms with E-state index in [-0.39, 0.29) is 37.5 Å². The van der Waals surface area contributed by atoms with Crippen molar-refractivity contribution in [2.24, 2.45) is 5.92 Å². The third-order valence-electron chi connectivity index (χ3n) is 8.43. The molecule has 7 nitrogen and oxygen atoms in total. The Hall–Kier alpha value is -2.33. The van der Waals surface area contributed by atoms with Crippen LogP contribution >= 0.6 is 0 Å². The van der Waals surface area contributed by atoms with Crippen LogP contribution in [0.1, 0.15) is 56.1 Å². The fourth-order valence-corrected chi connectivity index (χ4v) is 6.32. The normalized spacial score (nSPS) is 32.3. The lowest BCUT2D eigenvalue weighted by atomic mass is 9.68. The molecule has 2 aliphatic heterocycles. The molecule has 5 rings (SSSR count). The first kappa shape index (κ1) is 24.4. The lowest BCUT2D eigenvalue weighted by Crippen LogP contribution is -2.62. The zero-order valence-electron chi connectivity index (χ0n) is 19.6. The summed E-state index contributed by atoms with van der Waals surface area (Å²) >= 11 is 0. The number of aromatic hydroxyl groups is 1. The molecule has 1 unspecified atom stereocenters. The van der Waals surface area contributed by atoms with Crippen LogP contribution in [0.15, 0.2) is 18.2 Å². The summed E-state index contributed by atoms with van der Waals surface area (Å²) in [5.74, 6) is 0.0908. The lowest BCUT2D eigenvalue weighted by Gasteiger charge is -2.50. The van der Waals surface area contributed by atoms with Crippen molar-refractivity contribution in [1.82, 2.24) is 15.1 Å². The topological polar surface area (TPSA) is 93.1 Å². The van der Waals surface area contributed by atoms with Crippen LogP contribution in [0.5, 0.6) is 5.75 Å². The number of amides is 3. The Morgan fingerprint density at radius 1 is 1.09 bits per heavy atom. The van der Waals surface area contributed by atoms with E-state index in [2.05, 4.69) is 10.2 Å². The molecule has 1 spiro atoms. The van der Waals surface area contributed by atoms with Gasteiger partial charge in [0.2, 0.25) is 0 Å². The minimum atomic E-state index is -4.63. The number of carbonyl (C=O) groups excluding carboxylic acids is 2. The molecule has 2 heterocycles. The predicted molar refractivity (Wildman–Crippen MR) is 121 cm³/mol. The molecule has 2 aliphatic carbocycles. The zero-order valence-corrected chi connectivity index (χ0v) is 19.6. The van der Waals surface area contributed by atoms with Crippen LogP contribution in [-0.4, -0.2) is 74.9 Å². The average Bonchev–Trinajstić information content (AvgIpc) is 3.55. The van der Waals surface area contributed by atoms with E-state index in [9.17, 15) is 33.0 Å². The van der Waals surface area contributed by atoms with E-state index >= 15 is 0 Å². The Kier molecular flexibility index (Phi) is 6.03. The molecule has 10 heteroatoms. The van der Waals surface area contributed by atoms with Crippen LogP contribution < -0.4 is 5.32 Å². The fraction of sp³-hybridized carbons (Fsp3) is 0.680. The molecule has 3 fully saturated rings. The van der Waals surface area contributed by atoms with Gasteiger partial charge >= 0.3 is 12.2 Å². The molecule has 3 N–H and O–H groups in total. The van der Waals surface area contributed by atoms with Crippen molar-refractivity contribution in [1.29, 1.82) is 0 Å². The van der Waals surface area contributed by atoms with Gasteiger partial charge in [0.15, 0.2) is 0 Å². The number of carbonyl (C=O) groups is 2. The third-order valence-corrected chi connectivity index (χ3v) is 8.43. The maximum atomic E-state index is 13.2. The molecule has 2 saturated carbocycles. The van der Waals surface area contributed by atoms with Gasteiger partial charge < -0.3 is 15.1 Å². The summed E-state index contributed by atoms with van der Waals surface area (Å²) in [5.41, 5.74) is -0.683. The SMILES string of the molecule is O=C1NC(=O)C2(CCC(O)(C3Cc4ccc(O)cc4CCCN3CC3CC3)CC2)N1CC(F)(F)F. The van der Waals surface area contributed by atoms with Gasteiger partial charge in [-0.05, 0) is 93.5 Å². The minimum Gasteiger partial charge on any atom is -0.508 e. The molecule has 1 atom stereocenters. The number of imide groups is 1. The van der Waals surface area contributed by atoms with Gasteiger partial charge in [-0.25, -0.2) is 4.79 Å². The number of nitrogens with zero attached hydrogens (tertiary/aromatic N) is 2. The van der Waals surface area contributed by atoms with Crippen molar-refractivity contribution in [2.45, 2.75) is 81.1 Å². The maximum absolute atomic E-state index is 13.2. The van der Waals surface area contributed by atoms with Crippen LogP contribution in [0, 0.1) is 5.92 Å². The second-order valence-electron chi connectivity index (χ2n) is 10.8. The second kappa shape index (κ2) is 8.65. The van der Waals surface area contributed by atoms with Crippen LogP contribution in [-0.2, 0) is 17.6 Å². The monoisotopic (exact) mass is 495 g/mol. The van der Waals surface area contributed by atoms with Crippen molar-refractivity contribution in [3.8, 4) is 5.75 Å². The zero-order chi connectivity index (χ0) is 25.0. The summed E-state index contributed by atoms with van der Waals surface area (Å²) in [6, 6.07) is 4.02. The van der Waals surface area contributed by atoms with Crippen molar-refractivity contribution in [3.63, 3.8) is 0 Å². The van der Waals surface area contributed by atoms with Crippen LogP contribution in [0.2, 0.25) is 0 Å². The largest absolute Gasteiger partial charge is 0.508 e. The summed E-state index contributed by atoms with van der Waals surface area (Å²) in [6.45, 7) is 0.157. The minimum absolute atomic E-state index is 0.0205. The van der Waals surface area contributed by atoms with Gasteiger partial charge in [-0.1, -0.05) is 6.07 Å². The quantitative estimate of drug-likeness (QED) is 0.559. The molecular formula is C25H32F3N3O4. The van der Waals surface area contributed by atoms with Crippen molar-refractivity contribution in [2.75, 3.05) is 19.6 Å². The smallest absolute Gasteiger partial charge is 0.406 e. The molecule has 192 valence electrons. The highest BCUT2D eigenvalue weighted by molar-refractivity contribution is 6.07. The summed E-state index contributed by atoms with van der Waals surface area (Å²) in [6.07, 6.45) is 0.156. The first-order valence-electron chi connectivity index (χ1n) is 12.5. The predicted octanol–water partition coefficient (Wildman–Crippen LogP) is 3.12. The molecule has 3 amide bonds. The van der Waals surface area contributed by atoms with Gasteiger partial charge in [0.05, 0.1) is 5.60 Å². The number of aliphatic hydroxyl groups is 1. The number of benzene rings is 1. The first-order valence-corrected chi connectivity index (χ1v) is 12.5. The Bertz CT molecular complexity index is 1000. The van der Waals surface area contributed by atoms with Crippen LogP contribution in [0.4, 0.5) is 18.0 Å². The number of phenols is 1. The Balaban J connectivity index is 1.42. The van der Waals surface area contributed by atoms with E-state index in [4.69, 9.17) is 0 Å². The number of hydrogen-bond acceptors (Lipinski definition) is 5.